The first kappa shape index (κ1) is 12.2. The Morgan fingerprint density at radius 2 is 1.84 bits per heavy atom. The molecule has 0 N–H and O–H groups in total. The minimum atomic E-state index is 0.637. The van der Waals surface area contributed by atoms with E-state index in [2.05, 4.69) is 44.4 Å². The van der Waals surface area contributed by atoms with Crippen molar-refractivity contribution >= 4 is 5.69 Å². The summed E-state index contributed by atoms with van der Waals surface area (Å²) in [6.45, 7) is 1.81. The molecule has 0 radical (unpaired) electrons. The zero-order chi connectivity index (χ0) is 13.3. The second-order valence-corrected chi connectivity index (χ2v) is 5.72. The molecule has 98 valence electrons. The van der Waals surface area contributed by atoms with Gasteiger partial charge in [0.2, 0.25) is 0 Å². The summed E-state index contributed by atoms with van der Waals surface area (Å²) in [6, 6.07) is 16.8. The van der Waals surface area contributed by atoms with Crippen LogP contribution in [0.4, 0.5) is 5.69 Å². The molecule has 0 amide bonds. The summed E-state index contributed by atoms with van der Waals surface area (Å²) >= 11 is 0. The Hall–Kier alpha value is -1.80. The van der Waals surface area contributed by atoms with Crippen molar-refractivity contribution in [3.63, 3.8) is 0 Å². The van der Waals surface area contributed by atoms with Crippen LogP contribution in [0, 0.1) is 0 Å². The highest BCUT2D eigenvalue weighted by molar-refractivity contribution is 5.56. The number of benzene rings is 2. The van der Waals surface area contributed by atoms with Gasteiger partial charge in [-0.15, -0.1) is 0 Å². The van der Waals surface area contributed by atoms with E-state index in [1.165, 1.54) is 23.4 Å². The van der Waals surface area contributed by atoms with Gasteiger partial charge in [-0.1, -0.05) is 30.3 Å². The summed E-state index contributed by atoms with van der Waals surface area (Å²) in [5.41, 5.74) is 4.06. The minimum Gasteiger partial charge on any atom is -0.489 e. The van der Waals surface area contributed by atoms with Gasteiger partial charge in [-0.3, -0.25) is 4.48 Å². The molecule has 0 unspecified atom stereocenters. The smallest absolute Gasteiger partial charge is 0.136 e. The van der Waals surface area contributed by atoms with E-state index < -0.39 is 0 Å². The highest BCUT2D eigenvalue weighted by Crippen LogP contribution is 2.34. The molecule has 2 aromatic carbocycles. The zero-order valence-electron chi connectivity index (χ0n) is 11.6. The second kappa shape index (κ2) is 4.71. The molecule has 2 nitrogen and oxygen atoms in total. The van der Waals surface area contributed by atoms with E-state index in [4.69, 9.17) is 4.74 Å². The summed E-state index contributed by atoms with van der Waals surface area (Å²) in [4.78, 5) is 0. The van der Waals surface area contributed by atoms with Crippen molar-refractivity contribution in [2.45, 2.75) is 13.0 Å². The number of likely N-dealkylation sites (N-methyl/N-ethyl adjacent to an activating group) is 1. The lowest BCUT2D eigenvalue weighted by molar-refractivity contribution is 0.306. The summed E-state index contributed by atoms with van der Waals surface area (Å²) in [6.07, 6.45) is 1.14. The van der Waals surface area contributed by atoms with Gasteiger partial charge in [-0.2, -0.15) is 0 Å². The van der Waals surface area contributed by atoms with Gasteiger partial charge in [0, 0.05) is 18.1 Å². The van der Waals surface area contributed by atoms with Crippen molar-refractivity contribution in [2.75, 3.05) is 20.6 Å². The average Bonchev–Trinajstić information content (AvgIpc) is 2.73. The van der Waals surface area contributed by atoms with Crippen LogP contribution in [0.1, 0.15) is 11.1 Å². The number of fused-ring (bicyclic) bond motifs is 1. The molecule has 0 aliphatic carbocycles. The zero-order valence-corrected chi connectivity index (χ0v) is 11.6. The number of hydrogen-bond acceptors (Lipinski definition) is 1. The van der Waals surface area contributed by atoms with Crippen LogP contribution in [-0.2, 0) is 13.0 Å². The molecule has 0 saturated carbocycles. The minimum absolute atomic E-state index is 0.637. The van der Waals surface area contributed by atoms with E-state index in [1.807, 2.05) is 18.2 Å². The highest BCUT2D eigenvalue weighted by Gasteiger charge is 2.29. The summed E-state index contributed by atoms with van der Waals surface area (Å²) in [5.74, 6) is 0.976. The van der Waals surface area contributed by atoms with Gasteiger partial charge in [0.05, 0.1) is 20.6 Å². The van der Waals surface area contributed by atoms with E-state index in [0.717, 1.165) is 16.7 Å². The number of ether oxygens (including phenoxy) is 1. The first-order valence-corrected chi connectivity index (χ1v) is 6.78. The van der Waals surface area contributed by atoms with Gasteiger partial charge in [0.25, 0.3) is 0 Å². The van der Waals surface area contributed by atoms with Crippen LogP contribution in [0.5, 0.6) is 5.75 Å². The third kappa shape index (κ3) is 2.49. The fourth-order valence-electron chi connectivity index (χ4n) is 2.70. The maximum atomic E-state index is 5.88. The van der Waals surface area contributed by atoms with Crippen LogP contribution in [0.15, 0.2) is 48.5 Å². The Morgan fingerprint density at radius 3 is 2.63 bits per heavy atom. The van der Waals surface area contributed by atoms with Crippen LogP contribution >= 0.6 is 0 Å². The van der Waals surface area contributed by atoms with Crippen molar-refractivity contribution in [2.24, 2.45) is 0 Å². The maximum absolute atomic E-state index is 5.88. The number of quaternary nitrogens is 1. The SMILES string of the molecule is C[N+]1(C)CCc2cc(OCc3ccccc3)ccc21. The van der Waals surface area contributed by atoms with Crippen LogP contribution in [0.2, 0.25) is 0 Å². The normalized spacial score (nSPS) is 16.1. The van der Waals surface area contributed by atoms with Gasteiger partial charge >= 0.3 is 0 Å². The van der Waals surface area contributed by atoms with Gasteiger partial charge in [-0.05, 0) is 17.7 Å². The quantitative estimate of drug-likeness (QED) is 0.763. The van der Waals surface area contributed by atoms with Gasteiger partial charge in [-0.25, -0.2) is 0 Å². The maximum Gasteiger partial charge on any atom is 0.136 e. The first-order valence-electron chi connectivity index (χ1n) is 6.78. The molecule has 3 rings (SSSR count). The summed E-state index contributed by atoms with van der Waals surface area (Å²) < 4.78 is 6.86. The van der Waals surface area contributed by atoms with Crippen LogP contribution in [0.3, 0.4) is 0 Å². The molecule has 0 spiro atoms. The van der Waals surface area contributed by atoms with Crippen LogP contribution in [0.25, 0.3) is 0 Å². The molecule has 1 aliphatic heterocycles. The van der Waals surface area contributed by atoms with Gasteiger partial charge in [0.15, 0.2) is 0 Å². The number of nitrogens with zero attached hydrogens (tertiary/aromatic N) is 1. The second-order valence-electron chi connectivity index (χ2n) is 5.72. The molecule has 2 aromatic rings. The summed E-state index contributed by atoms with van der Waals surface area (Å²) in [7, 11) is 4.52. The Balaban J connectivity index is 1.74. The largest absolute Gasteiger partial charge is 0.489 e. The monoisotopic (exact) mass is 254 g/mol. The van der Waals surface area contributed by atoms with Gasteiger partial charge in [0.1, 0.15) is 18.0 Å². The molecular weight excluding hydrogens is 234 g/mol. The molecule has 19 heavy (non-hydrogen) atoms. The molecule has 1 heterocycles. The fourth-order valence-corrected chi connectivity index (χ4v) is 2.70. The van der Waals surface area contributed by atoms with Crippen molar-refractivity contribution < 1.29 is 4.74 Å². The average molecular weight is 254 g/mol. The first-order chi connectivity index (χ1) is 9.15. The van der Waals surface area contributed by atoms with E-state index in [1.54, 1.807) is 0 Å². The molecular formula is C17H20NO+. The molecule has 0 bridgehead atoms. The van der Waals surface area contributed by atoms with Crippen molar-refractivity contribution in [3.8, 4) is 5.75 Å². The Labute approximate surface area is 114 Å². The van der Waals surface area contributed by atoms with E-state index >= 15 is 0 Å². The third-order valence-corrected chi connectivity index (χ3v) is 3.89. The van der Waals surface area contributed by atoms with Crippen molar-refractivity contribution in [3.05, 3.63) is 59.7 Å². The van der Waals surface area contributed by atoms with Crippen LogP contribution in [-0.4, -0.2) is 20.6 Å². The fraction of sp³-hybridized carbons (Fsp3) is 0.294. The van der Waals surface area contributed by atoms with E-state index in [9.17, 15) is 0 Å². The third-order valence-electron chi connectivity index (χ3n) is 3.89. The molecule has 0 atom stereocenters. The van der Waals surface area contributed by atoms with E-state index in [-0.39, 0.29) is 0 Å². The summed E-state index contributed by atoms with van der Waals surface area (Å²) in [5, 5.41) is 0. The molecule has 2 heteroatoms. The van der Waals surface area contributed by atoms with Crippen LogP contribution < -0.4 is 9.22 Å². The topological polar surface area (TPSA) is 9.23 Å². The highest BCUT2D eigenvalue weighted by atomic mass is 16.5. The van der Waals surface area contributed by atoms with Gasteiger partial charge < -0.3 is 4.74 Å². The molecule has 0 fully saturated rings. The molecule has 0 saturated heterocycles. The number of rotatable bonds is 3. The predicted molar refractivity (Wildman–Crippen MR) is 79.4 cm³/mol. The lowest BCUT2D eigenvalue weighted by Crippen LogP contribution is -2.37. The van der Waals surface area contributed by atoms with E-state index in [0.29, 0.717) is 6.61 Å². The molecule has 0 aromatic heterocycles. The standard InChI is InChI=1S/C17H20NO/c1-18(2)11-10-15-12-16(8-9-17(15)18)19-13-14-6-4-3-5-7-14/h3-9,12H,10-11,13H2,1-2H3/q+1. The molecule has 1 aliphatic rings. The number of hydrogen-bond donors (Lipinski definition) is 0. The Morgan fingerprint density at radius 1 is 1.05 bits per heavy atom. The lowest BCUT2D eigenvalue weighted by Gasteiger charge is -2.23. The Bertz CT molecular complexity index is 575. The lowest BCUT2D eigenvalue weighted by atomic mass is 10.1. The van der Waals surface area contributed by atoms with Crippen molar-refractivity contribution in [1.29, 1.82) is 0 Å². The van der Waals surface area contributed by atoms with Crippen molar-refractivity contribution in [1.82, 2.24) is 4.48 Å². The predicted octanol–water partition coefficient (Wildman–Crippen LogP) is 3.39. The Kier molecular flexibility index (Phi) is 3.03.